The fourth-order valence-corrected chi connectivity index (χ4v) is 2.90. The monoisotopic (exact) mass is 279 g/mol. The van der Waals surface area contributed by atoms with Gasteiger partial charge in [0.2, 0.25) is 0 Å². The van der Waals surface area contributed by atoms with E-state index in [9.17, 15) is 0 Å². The molecule has 0 aliphatic heterocycles. The molecule has 0 aromatic carbocycles. The first-order chi connectivity index (χ1) is 9.19. The third-order valence-electron chi connectivity index (χ3n) is 3.07. The van der Waals surface area contributed by atoms with Crippen LogP contribution < -0.4 is 10.1 Å². The highest BCUT2D eigenvalue weighted by Gasteiger charge is 2.24. The number of ether oxygens (including phenoxy) is 1. The molecule has 1 unspecified atom stereocenters. The van der Waals surface area contributed by atoms with Gasteiger partial charge in [0.15, 0.2) is 5.75 Å². The van der Waals surface area contributed by atoms with Gasteiger partial charge in [-0.2, -0.15) is 16.4 Å². The average molecular weight is 279 g/mol. The summed E-state index contributed by atoms with van der Waals surface area (Å²) in [6.07, 6.45) is 1.80. The molecule has 2 rings (SSSR count). The van der Waals surface area contributed by atoms with Gasteiger partial charge in [-0.05, 0) is 42.8 Å². The van der Waals surface area contributed by atoms with Crippen molar-refractivity contribution >= 4 is 11.3 Å². The number of nitrogens with one attached hydrogen (secondary N) is 1. The van der Waals surface area contributed by atoms with Crippen LogP contribution in [0.15, 0.2) is 23.0 Å². The van der Waals surface area contributed by atoms with Crippen LogP contribution in [0.3, 0.4) is 0 Å². The Morgan fingerprint density at radius 2 is 2.26 bits per heavy atom. The second-order valence-electron chi connectivity index (χ2n) is 4.68. The zero-order valence-electron chi connectivity index (χ0n) is 11.9. The van der Waals surface area contributed by atoms with Crippen molar-refractivity contribution in [3.63, 3.8) is 0 Å². The summed E-state index contributed by atoms with van der Waals surface area (Å²) in [5, 5.41) is 12.2. The molecule has 0 radical (unpaired) electrons. The van der Waals surface area contributed by atoms with E-state index in [0.29, 0.717) is 6.04 Å². The fraction of sp³-hybridized carbons (Fsp3) is 0.500. The molecule has 0 saturated heterocycles. The topological polar surface area (TPSA) is 39.1 Å². The molecule has 1 atom stereocenters. The van der Waals surface area contributed by atoms with E-state index < -0.39 is 0 Å². The van der Waals surface area contributed by atoms with Gasteiger partial charge in [-0.3, -0.25) is 4.68 Å². The molecule has 2 aromatic rings. The van der Waals surface area contributed by atoms with Gasteiger partial charge in [0.1, 0.15) is 5.69 Å². The van der Waals surface area contributed by atoms with E-state index in [-0.39, 0.29) is 6.04 Å². The van der Waals surface area contributed by atoms with Crippen molar-refractivity contribution in [1.82, 2.24) is 15.1 Å². The van der Waals surface area contributed by atoms with Crippen LogP contribution in [0.2, 0.25) is 0 Å². The molecule has 5 heteroatoms. The van der Waals surface area contributed by atoms with Crippen molar-refractivity contribution in [1.29, 1.82) is 0 Å². The SMILES string of the molecule is CCNC(c1ccsc1)c1c(OC)cnn1C(C)C. The number of hydrogen-bond acceptors (Lipinski definition) is 4. The van der Waals surface area contributed by atoms with Crippen molar-refractivity contribution in [2.75, 3.05) is 13.7 Å². The van der Waals surface area contributed by atoms with Gasteiger partial charge in [-0.15, -0.1) is 0 Å². The lowest BCUT2D eigenvalue weighted by Gasteiger charge is -2.21. The summed E-state index contributed by atoms with van der Waals surface area (Å²) in [4.78, 5) is 0. The van der Waals surface area contributed by atoms with Crippen molar-refractivity contribution in [3.8, 4) is 5.75 Å². The smallest absolute Gasteiger partial charge is 0.161 e. The minimum absolute atomic E-state index is 0.121. The van der Waals surface area contributed by atoms with Crippen molar-refractivity contribution < 1.29 is 4.74 Å². The number of thiophene rings is 1. The number of nitrogens with zero attached hydrogens (tertiary/aromatic N) is 2. The Kier molecular flexibility index (Phi) is 4.61. The van der Waals surface area contributed by atoms with Crippen molar-refractivity contribution in [2.45, 2.75) is 32.9 Å². The van der Waals surface area contributed by atoms with Gasteiger partial charge in [0.05, 0.1) is 19.3 Å². The van der Waals surface area contributed by atoms with Crippen LogP contribution in [0.5, 0.6) is 5.75 Å². The summed E-state index contributed by atoms with van der Waals surface area (Å²) in [6.45, 7) is 7.27. The highest BCUT2D eigenvalue weighted by Crippen LogP contribution is 2.32. The Balaban J connectivity index is 2.49. The molecule has 19 heavy (non-hydrogen) atoms. The molecular weight excluding hydrogens is 258 g/mol. The molecule has 0 spiro atoms. The lowest BCUT2D eigenvalue weighted by Crippen LogP contribution is -2.25. The maximum atomic E-state index is 5.48. The van der Waals surface area contributed by atoms with E-state index in [1.54, 1.807) is 24.6 Å². The van der Waals surface area contributed by atoms with E-state index in [1.807, 2.05) is 4.68 Å². The van der Waals surface area contributed by atoms with Crippen LogP contribution >= 0.6 is 11.3 Å². The van der Waals surface area contributed by atoms with E-state index in [1.165, 1.54) is 5.56 Å². The van der Waals surface area contributed by atoms with Gasteiger partial charge in [-0.25, -0.2) is 0 Å². The Hall–Kier alpha value is -1.33. The van der Waals surface area contributed by atoms with E-state index >= 15 is 0 Å². The zero-order valence-corrected chi connectivity index (χ0v) is 12.7. The summed E-state index contributed by atoms with van der Waals surface area (Å²) in [5.74, 6) is 0.839. The minimum Gasteiger partial charge on any atom is -0.493 e. The highest BCUT2D eigenvalue weighted by atomic mass is 32.1. The van der Waals surface area contributed by atoms with Gasteiger partial charge in [-0.1, -0.05) is 6.92 Å². The molecule has 1 N–H and O–H groups in total. The second kappa shape index (κ2) is 6.21. The zero-order chi connectivity index (χ0) is 13.8. The lowest BCUT2D eigenvalue weighted by atomic mass is 10.1. The predicted molar refractivity (Wildman–Crippen MR) is 79.0 cm³/mol. The molecule has 0 fully saturated rings. The molecular formula is C14H21N3OS. The summed E-state index contributed by atoms with van der Waals surface area (Å²) in [5.41, 5.74) is 2.35. The Labute approximate surface area is 118 Å². The van der Waals surface area contributed by atoms with Crippen molar-refractivity contribution in [2.24, 2.45) is 0 Å². The predicted octanol–water partition coefficient (Wildman–Crippen LogP) is 3.23. The first-order valence-corrected chi connectivity index (χ1v) is 7.50. The van der Waals surface area contributed by atoms with Crippen molar-refractivity contribution in [3.05, 3.63) is 34.3 Å². The largest absolute Gasteiger partial charge is 0.493 e. The summed E-state index contributed by atoms with van der Waals surface area (Å²) in [7, 11) is 1.70. The Morgan fingerprint density at radius 1 is 1.47 bits per heavy atom. The first-order valence-electron chi connectivity index (χ1n) is 6.55. The van der Waals surface area contributed by atoms with E-state index in [0.717, 1.165) is 18.0 Å². The molecule has 0 amide bonds. The van der Waals surface area contributed by atoms with Crippen LogP contribution in [-0.2, 0) is 0 Å². The third-order valence-corrected chi connectivity index (χ3v) is 3.77. The highest BCUT2D eigenvalue weighted by molar-refractivity contribution is 7.08. The quantitative estimate of drug-likeness (QED) is 0.882. The maximum Gasteiger partial charge on any atom is 0.161 e. The van der Waals surface area contributed by atoms with Crippen LogP contribution in [-0.4, -0.2) is 23.4 Å². The van der Waals surface area contributed by atoms with Crippen LogP contribution in [0.1, 0.15) is 44.1 Å². The second-order valence-corrected chi connectivity index (χ2v) is 5.46. The number of rotatable bonds is 6. The molecule has 0 saturated carbocycles. The molecule has 4 nitrogen and oxygen atoms in total. The molecule has 2 aromatic heterocycles. The van der Waals surface area contributed by atoms with Gasteiger partial charge >= 0.3 is 0 Å². The molecule has 0 aliphatic carbocycles. The minimum atomic E-state index is 0.121. The van der Waals surface area contributed by atoms with Crippen LogP contribution in [0, 0.1) is 0 Å². The summed E-state index contributed by atoms with van der Waals surface area (Å²) >= 11 is 1.71. The summed E-state index contributed by atoms with van der Waals surface area (Å²) in [6, 6.07) is 2.57. The van der Waals surface area contributed by atoms with E-state index in [2.05, 4.69) is 48.0 Å². The Bertz CT molecular complexity index is 505. The standard InChI is InChI=1S/C14H21N3OS/c1-5-15-13(11-6-7-19-9-11)14-12(18-4)8-16-17(14)10(2)3/h6-10,13,15H,5H2,1-4H3. The molecule has 2 heterocycles. The van der Waals surface area contributed by atoms with Crippen LogP contribution in [0.4, 0.5) is 0 Å². The number of aromatic nitrogens is 2. The Morgan fingerprint density at radius 3 is 2.79 bits per heavy atom. The fourth-order valence-electron chi connectivity index (χ4n) is 2.21. The number of hydrogen-bond donors (Lipinski definition) is 1. The number of methoxy groups -OCH3 is 1. The molecule has 104 valence electrons. The molecule has 0 aliphatic rings. The summed E-state index contributed by atoms with van der Waals surface area (Å²) < 4.78 is 7.51. The van der Waals surface area contributed by atoms with Gasteiger partial charge in [0, 0.05) is 6.04 Å². The van der Waals surface area contributed by atoms with Gasteiger partial charge in [0.25, 0.3) is 0 Å². The van der Waals surface area contributed by atoms with Crippen LogP contribution in [0.25, 0.3) is 0 Å². The average Bonchev–Trinajstić information content (AvgIpc) is 3.04. The lowest BCUT2D eigenvalue weighted by molar-refractivity contribution is 0.394. The maximum absolute atomic E-state index is 5.48. The first kappa shape index (κ1) is 14.1. The van der Waals surface area contributed by atoms with E-state index in [4.69, 9.17) is 4.74 Å². The normalized spacial score (nSPS) is 12.9. The third kappa shape index (κ3) is 2.82. The molecule has 0 bridgehead atoms. The van der Waals surface area contributed by atoms with Gasteiger partial charge < -0.3 is 10.1 Å².